The van der Waals surface area contributed by atoms with Crippen LogP contribution in [-0.4, -0.2) is 62.5 Å². The second kappa shape index (κ2) is 8.91. The number of aromatic nitrogens is 3. The van der Waals surface area contributed by atoms with Crippen LogP contribution in [0.5, 0.6) is 0 Å². The van der Waals surface area contributed by atoms with Crippen LogP contribution in [0.1, 0.15) is 10.4 Å². The second-order valence-corrected chi connectivity index (χ2v) is 8.13. The minimum absolute atomic E-state index is 0.0734. The lowest BCUT2D eigenvalue weighted by Gasteiger charge is -2.34. The summed E-state index contributed by atoms with van der Waals surface area (Å²) in [5.74, 6) is 0.436. The van der Waals surface area contributed by atoms with Gasteiger partial charge in [0.25, 0.3) is 5.91 Å². The van der Waals surface area contributed by atoms with Gasteiger partial charge in [0.15, 0.2) is 0 Å². The number of nitrogens with one attached hydrogen (secondary N) is 1. The Hall–Kier alpha value is -3.91. The summed E-state index contributed by atoms with van der Waals surface area (Å²) in [6, 6.07) is 16.3. The minimum Gasteiger partial charge on any atom is -0.335 e. The van der Waals surface area contributed by atoms with Crippen LogP contribution in [0.2, 0.25) is 5.02 Å². The summed E-state index contributed by atoms with van der Waals surface area (Å²) in [7, 11) is 0. The molecule has 1 N–H and O–H groups in total. The molecule has 5 rings (SSSR count). The third kappa shape index (κ3) is 4.25. The van der Waals surface area contributed by atoms with E-state index in [-0.39, 0.29) is 11.9 Å². The minimum atomic E-state index is -0.206. The SMILES string of the molecule is O=C(Nc1cccc(Cl)c1)N1CCN(C(=O)c2cn(-c3ncccn3)c3ccccc23)CC1. The predicted molar refractivity (Wildman–Crippen MR) is 127 cm³/mol. The smallest absolute Gasteiger partial charge is 0.321 e. The first-order chi connectivity index (χ1) is 16.1. The molecule has 0 radical (unpaired) electrons. The van der Waals surface area contributed by atoms with Crippen molar-refractivity contribution in [3.05, 3.63) is 83.8 Å². The van der Waals surface area contributed by atoms with Gasteiger partial charge in [-0.25, -0.2) is 14.8 Å². The van der Waals surface area contributed by atoms with E-state index in [9.17, 15) is 9.59 Å². The molecule has 2 aromatic heterocycles. The zero-order valence-corrected chi connectivity index (χ0v) is 18.4. The van der Waals surface area contributed by atoms with Crippen molar-refractivity contribution in [3.63, 3.8) is 0 Å². The lowest BCUT2D eigenvalue weighted by atomic mass is 10.1. The molecule has 0 atom stereocenters. The van der Waals surface area contributed by atoms with Crippen LogP contribution >= 0.6 is 11.6 Å². The topological polar surface area (TPSA) is 83.4 Å². The molecule has 0 bridgehead atoms. The molecular formula is C24H21ClN6O2. The van der Waals surface area contributed by atoms with E-state index in [0.717, 1.165) is 10.9 Å². The molecule has 4 aromatic rings. The van der Waals surface area contributed by atoms with Crippen molar-refractivity contribution in [1.82, 2.24) is 24.3 Å². The maximum Gasteiger partial charge on any atom is 0.321 e. The Kier molecular flexibility index (Phi) is 5.66. The van der Waals surface area contributed by atoms with Crippen molar-refractivity contribution in [2.75, 3.05) is 31.5 Å². The van der Waals surface area contributed by atoms with Crippen LogP contribution in [0.4, 0.5) is 10.5 Å². The largest absolute Gasteiger partial charge is 0.335 e. The van der Waals surface area contributed by atoms with Gasteiger partial charge in [0.2, 0.25) is 5.95 Å². The van der Waals surface area contributed by atoms with Gasteiger partial charge in [-0.1, -0.05) is 35.9 Å². The molecule has 1 saturated heterocycles. The fourth-order valence-electron chi connectivity index (χ4n) is 3.98. The molecule has 0 saturated carbocycles. The van der Waals surface area contributed by atoms with Gasteiger partial charge in [0.1, 0.15) is 0 Å². The van der Waals surface area contributed by atoms with E-state index in [1.807, 2.05) is 28.8 Å². The number of hydrogen-bond acceptors (Lipinski definition) is 4. The van der Waals surface area contributed by atoms with Crippen LogP contribution in [0.25, 0.3) is 16.9 Å². The first-order valence-corrected chi connectivity index (χ1v) is 11.0. The molecular weight excluding hydrogens is 440 g/mol. The number of carbonyl (C=O) groups excluding carboxylic acids is 2. The average molecular weight is 461 g/mol. The number of hydrogen-bond donors (Lipinski definition) is 1. The molecule has 0 aliphatic carbocycles. The summed E-state index contributed by atoms with van der Waals surface area (Å²) < 4.78 is 1.83. The lowest BCUT2D eigenvalue weighted by Crippen LogP contribution is -2.51. The number of halogens is 1. The van der Waals surface area contributed by atoms with Gasteiger partial charge in [-0.05, 0) is 30.3 Å². The highest BCUT2D eigenvalue weighted by Gasteiger charge is 2.27. The molecule has 33 heavy (non-hydrogen) atoms. The number of urea groups is 1. The number of rotatable bonds is 3. The molecule has 3 heterocycles. The molecule has 1 aliphatic rings. The Bertz CT molecular complexity index is 1320. The van der Waals surface area contributed by atoms with Gasteiger partial charge in [0.05, 0.1) is 11.1 Å². The summed E-state index contributed by atoms with van der Waals surface area (Å²) in [5, 5.41) is 4.26. The van der Waals surface area contributed by atoms with Crippen molar-refractivity contribution in [3.8, 4) is 5.95 Å². The van der Waals surface area contributed by atoms with Gasteiger partial charge in [0, 0.05) is 60.9 Å². The lowest BCUT2D eigenvalue weighted by molar-refractivity contribution is 0.0673. The standard InChI is InChI=1S/C24H21ClN6O2/c25-17-5-3-6-18(15-17)28-24(33)30-13-11-29(12-14-30)22(32)20-16-31(23-26-9-4-10-27-23)21-8-2-1-7-19(20)21/h1-10,15-16H,11-14H2,(H,28,33). The maximum absolute atomic E-state index is 13.4. The van der Waals surface area contributed by atoms with Crippen LogP contribution in [0.3, 0.4) is 0 Å². The predicted octanol–water partition coefficient (Wildman–Crippen LogP) is 4.06. The van der Waals surface area contributed by atoms with E-state index in [0.29, 0.717) is 48.4 Å². The van der Waals surface area contributed by atoms with Crippen molar-refractivity contribution < 1.29 is 9.59 Å². The van der Waals surface area contributed by atoms with Crippen molar-refractivity contribution in [2.45, 2.75) is 0 Å². The van der Waals surface area contributed by atoms with Gasteiger partial charge in [-0.15, -0.1) is 0 Å². The Morgan fingerprint density at radius 1 is 0.879 bits per heavy atom. The highest BCUT2D eigenvalue weighted by molar-refractivity contribution is 6.30. The first kappa shape index (κ1) is 21.0. The summed E-state index contributed by atoms with van der Waals surface area (Å²) in [6.45, 7) is 1.78. The molecule has 166 valence electrons. The fourth-order valence-corrected chi connectivity index (χ4v) is 4.17. The van der Waals surface area contributed by atoms with Crippen LogP contribution in [0.15, 0.2) is 73.2 Å². The first-order valence-electron chi connectivity index (χ1n) is 10.6. The molecule has 2 aromatic carbocycles. The number of piperazine rings is 1. The highest BCUT2D eigenvalue weighted by atomic mass is 35.5. The summed E-state index contributed by atoms with van der Waals surface area (Å²) in [4.78, 5) is 38.1. The average Bonchev–Trinajstić information content (AvgIpc) is 3.24. The van der Waals surface area contributed by atoms with Crippen LogP contribution < -0.4 is 5.32 Å². The van der Waals surface area contributed by atoms with E-state index in [4.69, 9.17) is 11.6 Å². The van der Waals surface area contributed by atoms with E-state index in [2.05, 4.69) is 15.3 Å². The Balaban J connectivity index is 1.31. The van der Waals surface area contributed by atoms with E-state index in [1.165, 1.54) is 0 Å². The zero-order chi connectivity index (χ0) is 22.8. The molecule has 9 heteroatoms. The second-order valence-electron chi connectivity index (χ2n) is 7.70. The molecule has 8 nitrogen and oxygen atoms in total. The summed E-state index contributed by atoms with van der Waals surface area (Å²) in [6.07, 6.45) is 5.14. The Morgan fingerprint density at radius 2 is 1.61 bits per heavy atom. The van der Waals surface area contributed by atoms with Gasteiger partial charge >= 0.3 is 6.03 Å². The quantitative estimate of drug-likeness (QED) is 0.499. The highest BCUT2D eigenvalue weighted by Crippen LogP contribution is 2.25. The Labute approximate surface area is 195 Å². The molecule has 3 amide bonds. The summed E-state index contributed by atoms with van der Waals surface area (Å²) in [5.41, 5.74) is 2.10. The summed E-state index contributed by atoms with van der Waals surface area (Å²) >= 11 is 5.99. The van der Waals surface area contributed by atoms with Gasteiger partial charge < -0.3 is 15.1 Å². The van der Waals surface area contributed by atoms with Gasteiger partial charge in [-0.3, -0.25) is 9.36 Å². The number of para-hydroxylation sites is 1. The number of amides is 3. The number of carbonyl (C=O) groups is 2. The normalized spacial score (nSPS) is 13.8. The Morgan fingerprint density at radius 3 is 2.36 bits per heavy atom. The number of nitrogens with zero attached hydrogens (tertiary/aromatic N) is 5. The van der Waals surface area contributed by atoms with Crippen molar-refractivity contribution in [2.24, 2.45) is 0 Å². The van der Waals surface area contributed by atoms with Crippen LogP contribution in [0, 0.1) is 0 Å². The third-order valence-electron chi connectivity index (χ3n) is 5.64. The van der Waals surface area contributed by atoms with Crippen LogP contribution in [-0.2, 0) is 0 Å². The fraction of sp³-hybridized carbons (Fsp3) is 0.167. The number of fused-ring (bicyclic) bond motifs is 1. The molecule has 1 aliphatic heterocycles. The molecule has 0 unspecified atom stereocenters. The van der Waals surface area contributed by atoms with Crippen molar-refractivity contribution in [1.29, 1.82) is 0 Å². The molecule has 0 spiro atoms. The number of anilines is 1. The van der Waals surface area contributed by atoms with Crippen molar-refractivity contribution >= 4 is 40.1 Å². The van der Waals surface area contributed by atoms with Gasteiger partial charge in [-0.2, -0.15) is 0 Å². The maximum atomic E-state index is 13.4. The van der Waals surface area contributed by atoms with E-state index < -0.39 is 0 Å². The third-order valence-corrected chi connectivity index (χ3v) is 5.88. The number of benzene rings is 2. The van der Waals surface area contributed by atoms with E-state index >= 15 is 0 Å². The monoisotopic (exact) mass is 460 g/mol. The van der Waals surface area contributed by atoms with E-state index in [1.54, 1.807) is 58.7 Å². The molecule has 1 fully saturated rings. The zero-order valence-electron chi connectivity index (χ0n) is 17.7.